The molecular weight excluding hydrogens is 126 g/mol. The first kappa shape index (κ1) is 6.99. The van der Waals surface area contributed by atoms with Crippen LogP contribution in [0.3, 0.4) is 0 Å². The molecule has 1 aromatic heterocycles. The van der Waals surface area contributed by atoms with Crippen molar-refractivity contribution >= 4 is 5.82 Å². The molecule has 53 valence electrons. The second-order valence-corrected chi connectivity index (χ2v) is 2.33. The Hall–Kier alpha value is -1.12. The largest absolute Gasteiger partial charge is 0.368 e. The van der Waals surface area contributed by atoms with E-state index in [1.807, 2.05) is 0 Å². The van der Waals surface area contributed by atoms with Crippen molar-refractivity contribution in [2.75, 3.05) is 5.32 Å². The summed E-state index contributed by atoms with van der Waals surface area (Å²) < 4.78 is 0. The molecule has 3 nitrogen and oxygen atoms in total. The summed E-state index contributed by atoms with van der Waals surface area (Å²) in [5.41, 5.74) is 0. The third-order valence-electron chi connectivity index (χ3n) is 0.967. The summed E-state index contributed by atoms with van der Waals surface area (Å²) in [4.78, 5) is 7.64. The van der Waals surface area contributed by atoms with Crippen molar-refractivity contribution < 1.29 is 0 Å². The number of nitrogens with zero attached hydrogens (tertiary/aromatic N) is 2. The topological polar surface area (TPSA) is 37.8 Å². The molecule has 0 aromatic carbocycles. The average molecular weight is 136 g/mol. The minimum atomic E-state index is 0.406. The maximum Gasteiger partial charge on any atom is 0.130 e. The van der Waals surface area contributed by atoms with E-state index in [4.69, 9.17) is 0 Å². The van der Waals surface area contributed by atoms with Gasteiger partial charge >= 0.3 is 0 Å². The monoisotopic (exact) mass is 136 g/mol. The van der Waals surface area contributed by atoms with E-state index in [1.165, 1.54) is 6.33 Å². The summed E-state index contributed by atoms with van der Waals surface area (Å²) in [6, 6.07) is 2.13. The molecular formula is C7H10N3. The van der Waals surface area contributed by atoms with Crippen molar-refractivity contribution in [2.45, 2.75) is 19.9 Å². The number of aromatic nitrogens is 2. The fraction of sp³-hybridized carbons (Fsp3) is 0.429. The molecule has 1 aromatic rings. The molecule has 0 aliphatic heterocycles. The van der Waals surface area contributed by atoms with Crippen LogP contribution in [0.25, 0.3) is 0 Å². The molecule has 3 heteroatoms. The van der Waals surface area contributed by atoms with Crippen LogP contribution in [0.15, 0.2) is 12.4 Å². The number of anilines is 1. The Balaban J connectivity index is 2.59. The molecule has 0 aliphatic rings. The molecule has 1 N–H and O–H groups in total. The van der Waals surface area contributed by atoms with Gasteiger partial charge < -0.3 is 5.32 Å². The quantitative estimate of drug-likeness (QED) is 0.661. The van der Waals surface area contributed by atoms with E-state index in [2.05, 4.69) is 35.3 Å². The van der Waals surface area contributed by atoms with Gasteiger partial charge in [-0.05, 0) is 13.8 Å². The van der Waals surface area contributed by atoms with E-state index >= 15 is 0 Å². The lowest BCUT2D eigenvalue weighted by atomic mass is 10.4. The smallest absolute Gasteiger partial charge is 0.130 e. The van der Waals surface area contributed by atoms with Gasteiger partial charge in [-0.1, -0.05) is 0 Å². The molecule has 1 radical (unpaired) electrons. The zero-order chi connectivity index (χ0) is 7.40. The molecule has 0 saturated heterocycles. The minimum absolute atomic E-state index is 0.406. The van der Waals surface area contributed by atoms with Crippen molar-refractivity contribution in [3.63, 3.8) is 0 Å². The zero-order valence-electron chi connectivity index (χ0n) is 6.13. The van der Waals surface area contributed by atoms with E-state index in [0.717, 1.165) is 5.82 Å². The van der Waals surface area contributed by atoms with Gasteiger partial charge in [0.15, 0.2) is 0 Å². The summed E-state index contributed by atoms with van der Waals surface area (Å²) in [7, 11) is 0. The van der Waals surface area contributed by atoms with Crippen LogP contribution in [0.5, 0.6) is 0 Å². The van der Waals surface area contributed by atoms with Gasteiger partial charge in [0.25, 0.3) is 0 Å². The highest BCUT2D eigenvalue weighted by atomic mass is 15.0. The average Bonchev–Trinajstić information content (AvgIpc) is 1.88. The standard InChI is InChI=1S/C7H10N3/c1-6(2)10-7-3-4-8-5-9-7/h3,5-6H,1-2H3,(H,8,9,10). The molecule has 0 spiro atoms. The van der Waals surface area contributed by atoms with Gasteiger partial charge in [-0.2, -0.15) is 0 Å². The SMILES string of the molecule is CC(C)Nc1c[c]ncn1. The van der Waals surface area contributed by atoms with Crippen LogP contribution in [-0.2, 0) is 0 Å². The lowest BCUT2D eigenvalue weighted by Gasteiger charge is -2.06. The van der Waals surface area contributed by atoms with E-state index in [0.29, 0.717) is 6.04 Å². The number of nitrogens with one attached hydrogen (secondary N) is 1. The van der Waals surface area contributed by atoms with Crippen LogP contribution >= 0.6 is 0 Å². The van der Waals surface area contributed by atoms with Crippen molar-refractivity contribution in [1.82, 2.24) is 9.97 Å². The van der Waals surface area contributed by atoms with Gasteiger partial charge in [0.05, 0.1) is 6.20 Å². The Morgan fingerprint density at radius 2 is 2.40 bits per heavy atom. The fourth-order valence-corrected chi connectivity index (χ4v) is 0.635. The summed E-state index contributed by atoms with van der Waals surface area (Å²) in [6.45, 7) is 4.12. The molecule has 10 heavy (non-hydrogen) atoms. The number of hydrogen-bond donors (Lipinski definition) is 1. The van der Waals surface area contributed by atoms with E-state index in [-0.39, 0.29) is 0 Å². The molecule has 1 heterocycles. The van der Waals surface area contributed by atoms with Gasteiger partial charge in [-0.15, -0.1) is 0 Å². The Labute approximate surface area is 60.5 Å². The first-order valence-electron chi connectivity index (χ1n) is 3.23. The van der Waals surface area contributed by atoms with Gasteiger partial charge in [0.1, 0.15) is 12.1 Å². The van der Waals surface area contributed by atoms with Crippen LogP contribution < -0.4 is 5.32 Å². The second-order valence-electron chi connectivity index (χ2n) is 2.33. The van der Waals surface area contributed by atoms with E-state index in [1.54, 1.807) is 6.07 Å². The number of rotatable bonds is 2. The molecule has 0 unspecified atom stereocenters. The lowest BCUT2D eigenvalue weighted by Crippen LogP contribution is -2.10. The first-order chi connectivity index (χ1) is 4.79. The van der Waals surface area contributed by atoms with Crippen molar-refractivity contribution in [2.24, 2.45) is 0 Å². The summed E-state index contributed by atoms with van der Waals surface area (Å²) >= 11 is 0. The van der Waals surface area contributed by atoms with Crippen molar-refractivity contribution in [3.8, 4) is 0 Å². The molecule has 0 fully saturated rings. The van der Waals surface area contributed by atoms with E-state index in [9.17, 15) is 0 Å². The summed E-state index contributed by atoms with van der Waals surface area (Å²) in [5, 5.41) is 3.12. The van der Waals surface area contributed by atoms with Crippen LogP contribution in [0.4, 0.5) is 5.82 Å². The minimum Gasteiger partial charge on any atom is -0.368 e. The van der Waals surface area contributed by atoms with Crippen molar-refractivity contribution in [1.29, 1.82) is 0 Å². The zero-order valence-corrected chi connectivity index (χ0v) is 6.13. The second kappa shape index (κ2) is 3.15. The fourth-order valence-electron chi connectivity index (χ4n) is 0.635. The Morgan fingerprint density at radius 1 is 1.60 bits per heavy atom. The highest BCUT2D eigenvalue weighted by molar-refractivity contribution is 5.31. The summed E-state index contributed by atoms with van der Waals surface area (Å²) in [5.74, 6) is 0.824. The van der Waals surface area contributed by atoms with Crippen molar-refractivity contribution in [3.05, 3.63) is 18.6 Å². The van der Waals surface area contributed by atoms with Crippen LogP contribution in [0.1, 0.15) is 13.8 Å². The maximum absolute atomic E-state index is 3.97. The maximum atomic E-state index is 3.97. The third kappa shape index (κ3) is 2.01. The Morgan fingerprint density at radius 3 is 2.90 bits per heavy atom. The highest BCUT2D eigenvalue weighted by Gasteiger charge is 1.92. The molecule has 0 saturated carbocycles. The number of hydrogen-bond acceptors (Lipinski definition) is 3. The molecule has 1 rings (SSSR count). The Bertz CT molecular complexity index is 183. The highest BCUT2D eigenvalue weighted by Crippen LogP contribution is 1.98. The molecule has 0 aliphatic carbocycles. The van der Waals surface area contributed by atoms with E-state index < -0.39 is 0 Å². The van der Waals surface area contributed by atoms with Gasteiger partial charge in [-0.3, -0.25) is 0 Å². The normalized spacial score (nSPS) is 9.90. The van der Waals surface area contributed by atoms with Crippen LogP contribution in [0, 0.1) is 6.20 Å². The first-order valence-corrected chi connectivity index (χ1v) is 3.23. The summed E-state index contributed by atoms with van der Waals surface area (Å²) in [6.07, 6.45) is 4.17. The molecule has 0 atom stereocenters. The molecule has 0 bridgehead atoms. The Kier molecular flexibility index (Phi) is 2.20. The van der Waals surface area contributed by atoms with Crippen LogP contribution in [-0.4, -0.2) is 16.0 Å². The van der Waals surface area contributed by atoms with Gasteiger partial charge in [0, 0.05) is 12.1 Å². The van der Waals surface area contributed by atoms with Gasteiger partial charge in [-0.25, -0.2) is 9.97 Å². The lowest BCUT2D eigenvalue weighted by molar-refractivity contribution is 0.886. The predicted octanol–water partition coefficient (Wildman–Crippen LogP) is 1.10. The van der Waals surface area contributed by atoms with Gasteiger partial charge in [0.2, 0.25) is 0 Å². The molecule has 0 amide bonds. The van der Waals surface area contributed by atoms with Crippen LogP contribution in [0.2, 0.25) is 0 Å². The predicted molar refractivity (Wildman–Crippen MR) is 39.6 cm³/mol. The third-order valence-corrected chi connectivity index (χ3v) is 0.967.